The number of nitrogens with one attached hydrogen (secondary N) is 1. The molecule has 3 aromatic rings. The van der Waals surface area contributed by atoms with Crippen molar-refractivity contribution >= 4 is 33.2 Å². The van der Waals surface area contributed by atoms with E-state index in [0.29, 0.717) is 5.69 Å². The van der Waals surface area contributed by atoms with Gasteiger partial charge in [0.2, 0.25) is 9.84 Å². The van der Waals surface area contributed by atoms with E-state index in [2.05, 4.69) is 5.32 Å². The van der Waals surface area contributed by atoms with Crippen molar-refractivity contribution in [1.82, 2.24) is 0 Å². The Hall–Kier alpha value is -3.78. The summed E-state index contributed by atoms with van der Waals surface area (Å²) in [6.07, 6.45) is -1.14. The van der Waals surface area contributed by atoms with Gasteiger partial charge in [0, 0.05) is 16.8 Å². The minimum Gasteiger partial charge on any atom is -0.449 e. The minimum atomic E-state index is -4.00. The number of fused-ring (bicyclic) bond motifs is 2. The predicted molar refractivity (Wildman–Crippen MR) is 126 cm³/mol. The molecular formula is C26H23NO6S. The van der Waals surface area contributed by atoms with E-state index >= 15 is 0 Å². The van der Waals surface area contributed by atoms with Gasteiger partial charge in [-0.25, -0.2) is 13.2 Å². The molecule has 0 saturated heterocycles. The van der Waals surface area contributed by atoms with Crippen LogP contribution in [0, 0.1) is 20.8 Å². The van der Waals surface area contributed by atoms with Crippen molar-refractivity contribution in [2.75, 3.05) is 5.32 Å². The average molecular weight is 478 g/mol. The molecule has 1 aliphatic heterocycles. The molecule has 0 saturated carbocycles. The first-order valence-corrected chi connectivity index (χ1v) is 12.1. The summed E-state index contributed by atoms with van der Waals surface area (Å²) in [6, 6.07) is 13.6. The van der Waals surface area contributed by atoms with Crippen LogP contribution < -0.4 is 5.32 Å². The molecule has 3 aromatic carbocycles. The van der Waals surface area contributed by atoms with Crippen LogP contribution in [0.4, 0.5) is 5.69 Å². The molecule has 0 aromatic heterocycles. The van der Waals surface area contributed by atoms with Crippen LogP contribution in [0.5, 0.6) is 0 Å². The van der Waals surface area contributed by atoms with Crippen molar-refractivity contribution in [3.05, 3.63) is 88.0 Å². The summed E-state index contributed by atoms with van der Waals surface area (Å²) >= 11 is 0. The quantitative estimate of drug-likeness (QED) is 0.442. The highest BCUT2D eigenvalue weighted by molar-refractivity contribution is 7.91. The molecule has 1 amide bonds. The smallest absolute Gasteiger partial charge is 0.338 e. The van der Waals surface area contributed by atoms with Crippen molar-refractivity contribution in [1.29, 1.82) is 0 Å². The molecule has 0 unspecified atom stereocenters. The van der Waals surface area contributed by atoms with Gasteiger partial charge < -0.3 is 10.1 Å². The Kier molecular flexibility index (Phi) is 5.87. The second kappa shape index (κ2) is 8.53. The lowest BCUT2D eigenvalue weighted by atomic mass is 10.0. The Morgan fingerprint density at radius 1 is 0.882 bits per heavy atom. The van der Waals surface area contributed by atoms with Crippen molar-refractivity contribution in [2.45, 2.75) is 43.6 Å². The first-order valence-electron chi connectivity index (χ1n) is 10.6. The third kappa shape index (κ3) is 4.01. The predicted octanol–water partition coefficient (Wildman–Crippen LogP) is 4.17. The Balaban J connectivity index is 1.56. The molecule has 0 radical (unpaired) electrons. The molecule has 0 aliphatic carbocycles. The average Bonchev–Trinajstić information content (AvgIpc) is 2.79. The lowest BCUT2D eigenvalue weighted by molar-refractivity contribution is -0.123. The number of carbonyl (C=O) groups excluding carboxylic acids is 3. The molecule has 1 N–H and O–H groups in total. The molecule has 7 nitrogen and oxygen atoms in total. The molecule has 0 bridgehead atoms. The van der Waals surface area contributed by atoms with Crippen molar-refractivity contribution in [3.8, 4) is 0 Å². The number of sulfone groups is 1. The summed E-state index contributed by atoms with van der Waals surface area (Å²) in [5, 5.41) is 2.79. The molecule has 4 rings (SSSR count). The summed E-state index contributed by atoms with van der Waals surface area (Å²) < 4.78 is 31.4. The number of aryl methyl sites for hydroxylation is 3. The summed E-state index contributed by atoms with van der Waals surface area (Å²) in [6.45, 7) is 7.14. The number of benzene rings is 3. The zero-order valence-corrected chi connectivity index (χ0v) is 19.9. The Morgan fingerprint density at radius 2 is 1.50 bits per heavy atom. The summed E-state index contributed by atoms with van der Waals surface area (Å²) in [7, 11) is -4.00. The van der Waals surface area contributed by atoms with Crippen LogP contribution in [0.1, 0.15) is 49.9 Å². The molecule has 0 spiro atoms. The Labute approximate surface area is 197 Å². The van der Waals surface area contributed by atoms with Crippen LogP contribution in [0.25, 0.3) is 0 Å². The third-order valence-electron chi connectivity index (χ3n) is 5.75. The van der Waals surface area contributed by atoms with E-state index in [1.54, 1.807) is 6.07 Å². The highest BCUT2D eigenvalue weighted by Gasteiger charge is 2.35. The topological polar surface area (TPSA) is 107 Å². The van der Waals surface area contributed by atoms with Crippen LogP contribution in [0.3, 0.4) is 0 Å². The number of rotatable bonds is 4. The molecule has 1 aliphatic rings. The summed E-state index contributed by atoms with van der Waals surface area (Å²) in [5.74, 6) is -1.82. The second-order valence-electron chi connectivity index (χ2n) is 8.35. The van der Waals surface area contributed by atoms with Gasteiger partial charge in [-0.05, 0) is 69.2 Å². The van der Waals surface area contributed by atoms with Crippen molar-refractivity contribution < 1.29 is 27.5 Å². The number of esters is 1. The lowest BCUT2D eigenvalue weighted by Gasteiger charge is -2.20. The fourth-order valence-corrected chi connectivity index (χ4v) is 5.77. The minimum absolute atomic E-state index is 0.00800. The summed E-state index contributed by atoms with van der Waals surface area (Å²) in [4.78, 5) is 37.8. The maximum absolute atomic E-state index is 13.1. The van der Waals surface area contributed by atoms with Gasteiger partial charge in [-0.1, -0.05) is 29.8 Å². The SMILES string of the molecule is Cc1cc(C)c(NC(=O)[C@@H](C)OC(=O)c2ccc3c(c2)S(=O)(=O)c2ccccc2C3=O)c(C)c1. The van der Waals surface area contributed by atoms with Gasteiger partial charge in [0.05, 0.1) is 15.4 Å². The highest BCUT2D eigenvalue weighted by atomic mass is 32.2. The van der Waals surface area contributed by atoms with Crippen LogP contribution in [-0.2, 0) is 19.4 Å². The van der Waals surface area contributed by atoms with E-state index in [-0.39, 0.29) is 26.5 Å². The largest absolute Gasteiger partial charge is 0.449 e. The van der Waals surface area contributed by atoms with Crippen LogP contribution in [0.15, 0.2) is 64.4 Å². The number of anilines is 1. The monoisotopic (exact) mass is 477 g/mol. The molecule has 174 valence electrons. The van der Waals surface area contributed by atoms with Gasteiger partial charge in [0.1, 0.15) is 0 Å². The van der Waals surface area contributed by atoms with Crippen LogP contribution >= 0.6 is 0 Å². The zero-order chi connectivity index (χ0) is 24.8. The molecule has 1 heterocycles. The molecule has 0 fully saturated rings. The fourth-order valence-electron chi connectivity index (χ4n) is 4.10. The van der Waals surface area contributed by atoms with Crippen molar-refractivity contribution in [3.63, 3.8) is 0 Å². The maximum Gasteiger partial charge on any atom is 0.338 e. The second-order valence-corrected chi connectivity index (χ2v) is 10.2. The number of hydrogen-bond donors (Lipinski definition) is 1. The van der Waals surface area contributed by atoms with E-state index in [9.17, 15) is 22.8 Å². The molecule has 8 heteroatoms. The third-order valence-corrected chi connectivity index (χ3v) is 7.60. The van der Waals surface area contributed by atoms with E-state index in [1.165, 1.54) is 37.3 Å². The molecule has 34 heavy (non-hydrogen) atoms. The molecule has 1 atom stereocenters. The Bertz CT molecular complexity index is 1450. The van der Waals surface area contributed by atoms with E-state index in [4.69, 9.17) is 4.74 Å². The van der Waals surface area contributed by atoms with Crippen LogP contribution in [-0.4, -0.2) is 32.2 Å². The van der Waals surface area contributed by atoms with E-state index < -0.39 is 33.6 Å². The van der Waals surface area contributed by atoms with Gasteiger partial charge in [0.25, 0.3) is 5.91 Å². The van der Waals surface area contributed by atoms with Gasteiger partial charge in [0.15, 0.2) is 11.9 Å². The fraction of sp³-hybridized carbons (Fsp3) is 0.192. The standard InChI is InChI=1S/C26H23NO6S/c1-14-11-15(2)23(16(3)12-14)27-25(29)17(4)33-26(30)18-9-10-20-22(13-18)34(31,32)21-8-6-5-7-19(21)24(20)28/h5-13,17H,1-4H3,(H,27,29)/t17-/m1/s1. The normalized spacial score (nSPS) is 14.5. The Morgan fingerprint density at radius 3 is 2.18 bits per heavy atom. The zero-order valence-electron chi connectivity index (χ0n) is 19.1. The van der Waals surface area contributed by atoms with E-state index in [0.717, 1.165) is 22.8 Å². The first kappa shape index (κ1) is 23.4. The lowest BCUT2D eigenvalue weighted by Crippen LogP contribution is -2.30. The number of ether oxygens (including phenoxy) is 1. The van der Waals surface area contributed by atoms with E-state index in [1.807, 2.05) is 32.9 Å². The highest BCUT2D eigenvalue weighted by Crippen LogP contribution is 2.35. The molecular weight excluding hydrogens is 454 g/mol. The van der Waals surface area contributed by atoms with Crippen molar-refractivity contribution in [2.24, 2.45) is 0 Å². The van der Waals surface area contributed by atoms with Gasteiger partial charge >= 0.3 is 5.97 Å². The van der Waals surface area contributed by atoms with Gasteiger partial charge in [-0.3, -0.25) is 9.59 Å². The number of ketones is 1. The number of carbonyl (C=O) groups is 3. The first-order chi connectivity index (χ1) is 16.0. The summed E-state index contributed by atoms with van der Waals surface area (Å²) in [5.41, 5.74) is 3.50. The van der Waals surface area contributed by atoms with Gasteiger partial charge in [-0.15, -0.1) is 0 Å². The van der Waals surface area contributed by atoms with Gasteiger partial charge in [-0.2, -0.15) is 0 Å². The maximum atomic E-state index is 13.1. The number of hydrogen-bond acceptors (Lipinski definition) is 6. The van der Waals surface area contributed by atoms with Crippen LogP contribution in [0.2, 0.25) is 0 Å². The number of amides is 1.